The van der Waals surface area contributed by atoms with Crippen LogP contribution in [0.4, 0.5) is 0 Å². The van der Waals surface area contributed by atoms with E-state index in [9.17, 15) is 0 Å². The molecule has 0 aromatic heterocycles. The lowest BCUT2D eigenvalue weighted by atomic mass is 10.2. The molecule has 0 aliphatic heterocycles. The molecule has 54 valence electrons. The first-order valence-corrected chi connectivity index (χ1v) is 4.48. The van der Waals surface area contributed by atoms with Crippen LogP contribution >= 0.6 is 15.9 Å². The number of rotatable bonds is 4. The van der Waals surface area contributed by atoms with Gasteiger partial charge in [0.15, 0.2) is 0 Å². The van der Waals surface area contributed by atoms with Crippen LogP contribution in [0, 0.1) is 0 Å². The predicted molar refractivity (Wildman–Crippen MR) is 47.1 cm³/mol. The summed E-state index contributed by atoms with van der Waals surface area (Å²) >= 11 is 3.59. The fourth-order valence-electron chi connectivity index (χ4n) is 0.715. The van der Waals surface area contributed by atoms with Crippen LogP contribution in [0.15, 0.2) is 12.2 Å². The van der Waals surface area contributed by atoms with Gasteiger partial charge in [0.25, 0.3) is 0 Å². The molecule has 0 radical (unpaired) electrons. The van der Waals surface area contributed by atoms with Gasteiger partial charge in [0, 0.05) is 4.83 Å². The van der Waals surface area contributed by atoms with Gasteiger partial charge < -0.3 is 0 Å². The zero-order valence-electron chi connectivity index (χ0n) is 6.23. The van der Waals surface area contributed by atoms with E-state index >= 15 is 0 Å². The molecule has 0 aromatic rings. The van der Waals surface area contributed by atoms with Crippen molar-refractivity contribution >= 4 is 15.9 Å². The summed E-state index contributed by atoms with van der Waals surface area (Å²) < 4.78 is 0. The molecule has 0 aliphatic carbocycles. The summed E-state index contributed by atoms with van der Waals surface area (Å²) in [6.07, 6.45) is 8.03. The summed E-state index contributed by atoms with van der Waals surface area (Å²) in [7, 11) is 0. The second kappa shape index (κ2) is 6.34. The Balaban J connectivity index is 3.15. The smallest absolute Gasteiger partial charge is 0.0180 e. The SMILES string of the molecule is CC=CCC(Br)CCC. The number of hydrogen-bond donors (Lipinski definition) is 0. The summed E-state index contributed by atoms with van der Waals surface area (Å²) in [5.41, 5.74) is 0. The lowest BCUT2D eigenvalue weighted by molar-refractivity contribution is 0.756. The first kappa shape index (κ1) is 9.22. The van der Waals surface area contributed by atoms with Crippen molar-refractivity contribution in [2.24, 2.45) is 0 Å². The Morgan fingerprint density at radius 2 is 2.22 bits per heavy atom. The Hall–Kier alpha value is 0.220. The fraction of sp³-hybridized carbons (Fsp3) is 0.750. The van der Waals surface area contributed by atoms with E-state index < -0.39 is 0 Å². The normalized spacial score (nSPS) is 14.6. The van der Waals surface area contributed by atoms with Gasteiger partial charge in [-0.1, -0.05) is 41.4 Å². The zero-order valence-corrected chi connectivity index (χ0v) is 7.82. The van der Waals surface area contributed by atoms with E-state index in [0.717, 1.165) is 0 Å². The van der Waals surface area contributed by atoms with Crippen LogP contribution in [0.5, 0.6) is 0 Å². The molecule has 0 fully saturated rings. The lowest BCUT2D eigenvalue weighted by Gasteiger charge is -2.01. The topological polar surface area (TPSA) is 0 Å². The predicted octanol–water partition coefficient (Wildman–Crippen LogP) is 3.52. The van der Waals surface area contributed by atoms with E-state index in [1.54, 1.807) is 0 Å². The van der Waals surface area contributed by atoms with E-state index in [4.69, 9.17) is 0 Å². The quantitative estimate of drug-likeness (QED) is 0.471. The second-order valence-corrected chi connectivity index (χ2v) is 3.49. The first-order valence-electron chi connectivity index (χ1n) is 3.56. The maximum atomic E-state index is 3.59. The van der Waals surface area contributed by atoms with Gasteiger partial charge in [0.2, 0.25) is 0 Å². The molecule has 1 atom stereocenters. The lowest BCUT2D eigenvalue weighted by Crippen LogP contribution is -1.92. The Bertz CT molecular complexity index is 76.6. The van der Waals surface area contributed by atoms with Gasteiger partial charge in [-0.15, -0.1) is 0 Å². The number of allylic oxidation sites excluding steroid dienone is 2. The van der Waals surface area contributed by atoms with Crippen molar-refractivity contribution in [3.63, 3.8) is 0 Å². The van der Waals surface area contributed by atoms with Crippen LogP contribution in [0.3, 0.4) is 0 Å². The van der Waals surface area contributed by atoms with Gasteiger partial charge >= 0.3 is 0 Å². The molecule has 0 aromatic carbocycles. The van der Waals surface area contributed by atoms with Crippen LogP contribution in [0.2, 0.25) is 0 Å². The minimum atomic E-state index is 0.693. The number of hydrogen-bond acceptors (Lipinski definition) is 0. The number of alkyl halides is 1. The summed E-state index contributed by atoms with van der Waals surface area (Å²) in [4.78, 5) is 0.693. The summed E-state index contributed by atoms with van der Waals surface area (Å²) in [6, 6.07) is 0. The summed E-state index contributed by atoms with van der Waals surface area (Å²) in [6.45, 7) is 4.27. The van der Waals surface area contributed by atoms with Gasteiger partial charge in [-0.25, -0.2) is 0 Å². The summed E-state index contributed by atoms with van der Waals surface area (Å²) in [5, 5.41) is 0. The highest BCUT2D eigenvalue weighted by molar-refractivity contribution is 9.09. The molecule has 0 heterocycles. The average Bonchev–Trinajstić information content (AvgIpc) is 1.85. The molecule has 0 bridgehead atoms. The molecule has 9 heavy (non-hydrogen) atoms. The van der Waals surface area contributed by atoms with Gasteiger partial charge in [0.1, 0.15) is 0 Å². The Morgan fingerprint density at radius 3 is 2.67 bits per heavy atom. The molecular weight excluding hydrogens is 176 g/mol. The van der Waals surface area contributed by atoms with Gasteiger partial charge in [-0.05, 0) is 19.8 Å². The zero-order chi connectivity index (χ0) is 7.11. The van der Waals surface area contributed by atoms with Crippen LogP contribution in [0.25, 0.3) is 0 Å². The van der Waals surface area contributed by atoms with Crippen molar-refractivity contribution in [3.8, 4) is 0 Å². The molecular formula is C8H15Br. The monoisotopic (exact) mass is 190 g/mol. The third kappa shape index (κ3) is 6.10. The van der Waals surface area contributed by atoms with E-state index in [2.05, 4.69) is 41.9 Å². The third-order valence-corrected chi connectivity index (χ3v) is 2.06. The van der Waals surface area contributed by atoms with Gasteiger partial charge in [0.05, 0.1) is 0 Å². The van der Waals surface area contributed by atoms with Crippen molar-refractivity contribution < 1.29 is 0 Å². The molecule has 1 heteroatoms. The standard InChI is InChI=1S/C8H15Br/c1-3-5-7-8(9)6-4-2/h3,5,8H,4,6-7H2,1-2H3. The average molecular weight is 191 g/mol. The van der Waals surface area contributed by atoms with E-state index in [0.29, 0.717) is 4.83 Å². The fourth-order valence-corrected chi connectivity index (χ4v) is 1.39. The van der Waals surface area contributed by atoms with Crippen molar-refractivity contribution in [2.75, 3.05) is 0 Å². The molecule has 0 saturated heterocycles. The van der Waals surface area contributed by atoms with Crippen LogP contribution in [-0.4, -0.2) is 4.83 Å². The highest BCUT2D eigenvalue weighted by Crippen LogP contribution is 2.11. The largest absolute Gasteiger partial charge is 0.0916 e. The van der Waals surface area contributed by atoms with Crippen molar-refractivity contribution in [1.29, 1.82) is 0 Å². The maximum absolute atomic E-state index is 3.59. The minimum Gasteiger partial charge on any atom is -0.0916 e. The highest BCUT2D eigenvalue weighted by Gasteiger charge is 1.96. The minimum absolute atomic E-state index is 0.693. The Kier molecular flexibility index (Phi) is 6.50. The van der Waals surface area contributed by atoms with E-state index in [1.807, 2.05) is 0 Å². The Morgan fingerprint density at radius 1 is 1.56 bits per heavy atom. The van der Waals surface area contributed by atoms with Crippen LogP contribution in [0.1, 0.15) is 33.1 Å². The molecule has 1 unspecified atom stereocenters. The van der Waals surface area contributed by atoms with Crippen LogP contribution < -0.4 is 0 Å². The van der Waals surface area contributed by atoms with Gasteiger partial charge in [-0.3, -0.25) is 0 Å². The molecule has 0 saturated carbocycles. The molecule has 0 amide bonds. The molecule has 0 spiro atoms. The highest BCUT2D eigenvalue weighted by atomic mass is 79.9. The number of halogens is 1. The van der Waals surface area contributed by atoms with Crippen molar-refractivity contribution in [2.45, 2.75) is 37.9 Å². The van der Waals surface area contributed by atoms with E-state index in [1.165, 1.54) is 19.3 Å². The van der Waals surface area contributed by atoms with Gasteiger partial charge in [-0.2, -0.15) is 0 Å². The van der Waals surface area contributed by atoms with E-state index in [-0.39, 0.29) is 0 Å². The third-order valence-electron chi connectivity index (χ3n) is 1.23. The van der Waals surface area contributed by atoms with Crippen molar-refractivity contribution in [3.05, 3.63) is 12.2 Å². The molecule has 0 N–H and O–H groups in total. The maximum Gasteiger partial charge on any atom is 0.0180 e. The van der Waals surface area contributed by atoms with Crippen molar-refractivity contribution in [1.82, 2.24) is 0 Å². The molecule has 0 aliphatic rings. The first-order chi connectivity index (χ1) is 4.31. The summed E-state index contributed by atoms with van der Waals surface area (Å²) in [5.74, 6) is 0. The Labute approximate surface area is 66.5 Å². The molecule has 0 rings (SSSR count). The molecule has 0 nitrogen and oxygen atoms in total. The van der Waals surface area contributed by atoms with Crippen LogP contribution in [-0.2, 0) is 0 Å². The second-order valence-electron chi connectivity index (χ2n) is 2.19.